The lowest BCUT2D eigenvalue weighted by Crippen LogP contribution is -2.50. The topological polar surface area (TPSA) is 56.7 Å². The Morgan fingerprint density at radius 1 is 1.23 bits per heavy atom. The van der Waals surface area contributed by atoms with Crippen molar-refractivity contribution < 1.29 is 18.0 Å². The van der Waals surface area contributed by atoms with Crippen LogP contribution in [0.5, 0.6) is 0 Å². The Hall–Kier alpha value is -1.52. The molecule has 0 spiro atoms. The molecule has 176 valence electrons. The van der Waals surface area contributed by atoms with Crippen LogP contribution >= 0.6 is 24.0 Å². The van der Waals surface area contributed by atoms with Gasteiger partial charge in [-0.2, -0.15) is 13.2 Å². The minimum absolute atomic E-state index is 0. The molecule has 0 radical (unpaired) electrons. The van der Waals surface area contributed by atoms with E-state index in [0.29, 0.717) is 24.5 Å². The van der Waals surface area contributed by atoms with E-state index >= 15 is 0 Å². The lowest BCUT2D eigenvalue weighted by Gasteiger charge is -2.34. The highest BCUT2D eigenvalue weighted by atomic mass is 127. The van der Waals surface area contributed by atoms with E-state index in [1.54, 1.807) is 13.1 Å². The SMILES string of the molecule is CN=C(NCCC(C)c1cccc(C(F)(F)F)c1)NC1CCN(C(=O)C(C)C)CC1.I. The van der Waals surface area contributed by atoms with Gasteiger partial charge in [0.05, 0.1) is 5.56 Å². The molecule has 0 bridgehead atoms. The highest BCUT2D eigenvalue weighted by molar-refractivity contribution is 14.0. The van der Waals surface area contributed by atoms with Crippen LogP contribution in [0.3, 0.4) is 0 Å². The Bertz CT molecular complexity index is 732. The first kappa shape index (κ1) is 27.5. The van der Waals surface area contributed by atoms with Gasteiger partial charge in [-0.1, -0.05) is 39.0 Å². The number of nitrogens with zero attached hydrogens (tertiary/aromatic N) is 2. The van der Waals surface area contributed by atoms with Gasteiger partial charge in [-0.05, 0) is 36.8 Å². The molecule has 1 fully saturated rings. The van der Waals surface area contributed by atoms with Crippen molar-refractivity contribution in [2.75, 3.05) is 26.7 Å². The molecule has 1 aliphatic rings. The van der Waals surface area contributed by atoms with Gasteiger partial charge >= 0.3 is 6.18 Å². The minimum atomic E-state index is -4.32. The number of piperidine rings is 1. The average Bonchev–Trinajstić information content (AvgIpc) is 2.72. The predicted molar refractivity (Wildman–Crippen MR) is 129 cm³/mol. The van der Waals surface area contributed by atoms with Crippen LogP contribution in [0, 0.1) is 5.92 Å². The van der Waals surface area contributed by atoms with E-state index in [9.17, 15) is 18.0 Å². The second kappa shape index (κ2) is 12.5. The van der Waals surface area contributed by atoms with E-state index in [1.807, 2.05) is 25.7 Å². The summed E-state index contributed by atoms with van der Waals surface area (Å²) in [5.74, 6) is 0.880. The summed E-state index contributed by atoms with van der Waals surface area (Å²) in [6, 6.07) is 5.76. The number of alkyl halides is 3. The maximum absolute atomic E-state index is 12.9. The van der Waals surface area contributed by atoms with Gasteiger partial charge in [0.15, 0.2) is 5.96 Å². The van der Waals surface area contributed by atoms with E-state index in [1.165, 1.54) is 12.1 Å². The van der Waals surface area contributed by atoms with Crippen LogP contribution in [0.15, 0.2) is 29.3 Å². The fourth-order valence-electron chi connectivity index (χ4n) is 3.59. The second-order valence-corrected chi connectivity index (χ2v) is 8.21. The molecule has 0 saturated carbocycles. The first-order chi connectivity index (χ1) is 14.1. The van der Waals surface area contributed by atoms with Crippen LogP contribution < -0.4 is 10.6 Å². The number of amides is 1. The molecule has 0 aromatic heterocycles. The van der Waals surface area contributed by atoms with Crippen LogP contribution in [-0.2, 0) is 11.0 Å². The fraction of sp³-hybridized carbons (Fsp3) is 0.636. The molecule has 0 aliphatic carbocycles. The first-order valence-corrected chi connectivity index (χ1v) is 10.5. The summed E-state index contributed by atoms with van der Waals surface area (Å²) in [6.45, 7) is 7.82. The smallest absolute Gasteiger partial charge is 0.356 e. The summed E-state index contributed by atoms with van der Waals surface area (Å²) < 4.78 is 38.7. The molecule has 1 aromatic carbocycles. The largest absolute Gasteiger partial charge is 0.416 e. The number of nitrogens with one attached hydrogen (secondary N) is 2. The van der Waals surface area contributed by atoms with Crippen molar-refractivity contribution >= 4 is 35.8 Å². The zero-order valence-corrected chi connectivity index (χ0v) is 21.0. The van der Waals surface area contributed by atoms with Crippen molar-refractivity contribution in [2.24, 2.45) is 10.9 Å². The molecular weight excluding hydrogens is 520 g/mol. The van der Waals surface area contributed by atoms with Crippen molar-refractivity contribution in [3.63, 3.8) is 0 Å². The minimum Gasteiger partial charge on any atom is -0.356 e. The molecule has 2 rings (SSSR count). The summed E-state index contributed by atoms with van der Waals surface area (Å²) in [7, 11) is 1.70. The van der Waals surface area contributed by atoms with Gasteiger partial charge in [-0.15, -0.1) is 24.0 Å². The van der Waals surface area contributed by atoms with E-state index in [4.69, 9.17) is 0 Å². The van der Waals surface area contributed by atoms with Gasteiger partial charge in [-0.25, -0.2) is 0 Å². The molecular formula is C22H34F3IN4O. The lowest BCUT2D eigenvalue weighted by molar-refractivity contribution is -0.137. The van der Waals surface area contributed by atoms with Crippen LogP contribution in [0.4, 0.5) is 13.2 Å². The van der Waals surface area contributed by atoms with Crippen LogP contribution in [0.1, 0.15) is 57.1 Å². The van der Waals surface area contributed by atoms with Crippen molar-refractivity contribution in [1.82, 2.24) is 15.5 Å². The summed E-state index contributed by atoms with van der Waals surface area (Å²) in [4.78, 5) is 18.2. The highest BCUT2D eigenvalue weighted by Crippen LogP contribution is 2.31. The maximum atomic E-state index is 12.9. The number of rotatable bonds is 6. The van der Waals surface area contributed by atoms with E-state index in [-0.39, 0.29) is 47.8 Å². The first-order valence-electron chi connectivity index (χ1n) is 10.5. The van der Waals surface area contributed by atoms with Gasteiger partial charge in [0.1, 0.15) is 0 Å². The number of hydrogen-bond acceptors (Lipinski definition) is 2. The lowest BCUT2D eigenvalue weighted by atomic mass is 9.96. The molecule has 31 heavy (non-hydrogen) atoms. The van der Waals surface area contributed by atoms with Gasteiger partial charge < -0.3 is 15.5 Å². The van der Waals surface area contributed by atoms with E-state index < -0.39 is 11.7 Å². The normalized spacial score (nSPS) is 16.6. The number of carbonyl (C=O) groups excluding carboxylic acids is 1. The molecule has 1 atom stereocenters. The molecule has 5 nitrogen and oxygen atoms in total. The van der Waals surface area contributed by atoms with Crippen LogP contribution in [0.25, 0.3) is 0 Å². The quantitative estimate of drug-likeness (QED) is 0.307. The molecule has 1 unspecified atom stereocenters. The zero-order valence-electron chi connectivity index (χ0n) is 18.6. The Morgan fingerprint density at radius 2 is 1.87 bits per heavy atom. The Balaban J connectivity index is 0.00000480. The van der Waals surface area contributed by atoms with E-state index in [2.05, 4.69) is 15.6 Å². The molecule has 1 aliphatic heterocycles. The van der Waals surface area contributed by atoms with Crippen molar-refractivity contribution in [1.29, 1.82) is 0 Å². The molecule has 2 N–H and O–H groups in total. The molecule has 9 heteroatoms. The predicted octanol–water partition coefficient (Wildman–Crippen LogP) is 4.63. The molecule has 1 saturated heterocycles. The number of guanidine groups is 1. The number of likely N-dealkylation sites (tertiary alicyclic amines) is 1. The summed E-state index contributed by atoms with van der Waals surface area (Å²) in [5, 5.41) is 6.64. The average molecular weight is 554 g/mol. The summed E-state index contributed by atoms with van der Waals surface area (Å²) in [6.07, 6.45) is -1.92. The van der Waals surface area contributed by atoms with Gasteiger partial charge in [0.2, 0.25) is 5.91 Å². The third-order valence-corrected chi connectivity index (χ3v) is 5.52. The Kier molecular flexibility index (Phi) is 11.1. The third kappa shape index (κ3) is 8.50. The Labute approximate surface area is 200 Å². The van der Waals surface area contributed by atoms with Gasteiger partial charge in [0, 0.05) is 38.6 Å². The van der Waals surface area contributed by atoms with Crippen LogP contribution in [-0.4, -0.2) is 49.5 Å². The number of halogens is 4. The monoisotopic (exact) mass is 554 g/mol. The van der Waals surface area contributed by atoms with Gasteiger partial charge in [0.25, 0.3) is 0 Å². The maximum Gasteiger partial charge on any atom is 0.416 e. The van der Waals surface area contributed by atoms with Crippen molar-refractivity contribution in [3.8, 4) is 0 Å². The number of carbonyl (C=O) groups is 1. The molecule has 1 heterocycles. The van der Waals surface area contributed by atoms with Crippen molar-refractivity contribution in [2.45, 2.75) is 58.2 Å². The van der Waals surface area contributed by atoms with Crippen LogP contribution in [0.2, 0.25) is 0 Å². The Morgan fingerprint density at radius 3 is 2.42 bits per heavy atom. The van der Waals surface area contributed by atoms with Crippen molar-refractivity contribution in [3.05, 3.63) is 35.4 Å². The number of hydrogen-bond donors (Lipinski definition) is 2. The number of benzene rings is 1. The standard InChI is InChI=1S/C22H33F3N4O.HI/c1-15(2)20(30)29-12-9-19(10-13-29)28-21(26-4)27-11-8-16(3)17-6-5-7-18(14-17)22(23,24)25;/h5-7,14-16,19H,8-13H2,1-4H3,(H2,26,27,28);1H. The zero-order chi connectivity index (χ0) is 22.3. The molecule has 1 aromatic rings. The second-order valence-electron chi connectivity index (χ2n) is 8.21. The summed E-state index contributed by atoms with van der Waals surface area (Å²) in [5.41, 5.74) is 0.0661. The highest BCUT2D eigenvalue weighted by Gasteiger charge is 2.30. The fourth-order valence-corrected chi connectivity index (χ4v) is 3.59. The summed E-state index contributed by atoms with van der Waals surface area (Å²) >= 11 is 0. The number of aliphatic imine (C=N–C) groups is 1. The molecule has 1 amide bonds. The van der Waals surface area contributed by atoms with Gasteiger partial charge in [-0.3, -0.25) is 9.79 Å². The third-order valence-electron chi connectivity index (χ3n) is 5.52. The van der Waals surface area contributed by atoms with E-state index in [0.717, 1.165) is 32.0 Å².